The lowest BCUT2D eigenvalue weighted by atomic mass is 10.0. The molecule has 0 spiro atoms. The summed E-state index contributed by atoms with van der Waals surface area (Å²) in [5.41, 5.74) is -2.21. The number of nitrogens with one attached hydrogen (secondary N) is 1. The summed E-state index contributed by atoms with van der Waals surface area (Å²) >= 11 is 0.731. The number of aromatic nitrogens is 3. The van der Waals surface area contributed by atoms with Gasteiger partial charge in [0.05, 0.1) is 40.2 Å². The van der Waals surface area contributed by atoms with E-state index in [1.807, 2.05) is 0 Å². The third-order valence-electron chi connectivity index (χ3n) is 6.47. The monoisotopic (exact) mass is 571 g/mol. The van der Waals surface area contributed by atoms with Crippen LogP contribution in [0.5, 0.6) is 0 Å². The minimum Gasteiger partial charge on any atom is -0.390 e. The van der Waals surface area contributed by atoms with E-state index >= 15 is 0 Å². The number of alkyl halides is 6. The highest BCUT2D eigenvalue weighted by Gasteiger charge is 2.43. The Balaban J connectivity index is 1.40. The maximum atomic E-state index is 13.5. The number of hydrogen-bond acceptors (Lipinski definition) is 7. The molecule has 3 aromatic rings. The largest absolute Gasteiger partial charge is 0.416 e. The van der Waals surface area contributed by atoms with Gasteiger partial charge in [0.2, 0.25) is 0 Å². The van der Waals surface area contributed by atoms with Crippen molar-refractivity contribution >= 4 is 40.0 Å². The van der Waals surface area contributed by atoms with E-state index in [9.17, 15) is 41.0 Å². The molecule has 2 amide bonds. The number of rotatable bonds is 4. The second-order valence-corrected chi connectivity index (χ2v) is 10.0. The fraction of sp³-hybridized carbons (Fsp3) is 0.333. The molecule has 2 saturated heterocycles. The molecule has 2 fully saturated rings. The zero-order valence-corrected chi connectivity index (χ0v) is 20.6. The van der Waals surface area contributed by atoms with E-state index in [4.69, 9.17) is 0 Å². The average molecular weight is 572 g/mol. The van der Waals surface area contributed by atoms with Crippen molar-refractivity contribution in [3.8, 4) is 0 Å². The van der Waals surface area contributed by atoms with Gasteiger partial charge >= 0.3 is 12.4 Å². The van der Waals surface area contributed by atoms with Gasteiger partial charge in [-0.2, -0.15) is 26.3 Å². The van der Waals surface area contributed by atoms with Gasteiger partial charge in [0.25, 0.3) is 11.1 Å². The number of piperidine rings is 1. The third kappa shape index (κ3) is 5.38. The number of halogens is 6. The van der Waals surface area contributed by atoms with E-state index in [2.05, 4.69) is 15.6 Å². The van der Waals surface area contributed by atoms with Crippen LogP contribution in [0.25, 0.3) is 17.1 Å². The Morgan fingerprint density at radius 3 is 2.54 bits per heavy atom. The van der Waals surface area contributed by atoms with Crippen LogP contribution in [0.2, 0.25) is 0 Å². The van der Waals surface area contributed by atoms with E-state index in [1.54, 1.807) is 6.07 Å². The molecule has 2 atom stereocenters. The number of hydrogen-bond donors (Lipinski definition) is 2. The molecule has 0 bridgehead atoms. The first kappa shape index (κ1) is 27.1. The molecule has 8 nitrogen and oxygen atoms in total. The smallest absolute Gasteiger partial charge is 0.390 e. The zero-order valence-electron chi connectivity index (χ0n) is 19.8. The molecule has 3 heterocycles. The van der Waals surface area contributed by atoms with Gasteiger partial charge in [0.15, 0.2) is 0 Å². The summed E-state index contributed by atoms with van der Waals surface area (Å²) in [6.07, 6.45) is -8.96. The molecule has 2 aromatic carbocycles. The number of β-amino-alcohol motifs (C(OH)–C–C–N with tert-alkyl or cyclic N) is 1. The van der Waals surface area contributed by atoms with Crippen molar-refractivity contribution in [2.75, 3.05) is 13.1 Å². The standard InChI is InChI=1S/C24H19F6N5O3S/c25-23(26,27)14-3-2-13(15(9-14)24(28,29)30)11-34-17-4-1-12(7-16(17)32-33-34)8-20-21(37)35(22(38)39-20)18-5-6-31-10-19(18)36/h1-4,7-9,18-19,31,36H,5-6,10-11H2/t18?,19-/m0/s1. The number of aliphatic hydroxyl groups excluding tert-OH is 1. The molecule has 0 radical (unpaired) electrons. The molecule has 5 rings (SSSR count). The summed E-state index contributed by atoms with van der Waals surface area (Å²) in [5, 5.41) is 20.5. The molecule has 206 valence electrons. The Labute approximate surface area is 220 Å². The molecule has 1 unspecified atom stereocenters. The molecule has 0 aliphatic carbocycles. The minimum absolute atomic E-state index is 0.0719. The first-order valence-corrected chi connectivity index (χ1v) is 12.4. The van der Waals surface area contributed by atoms with Crippen molar-refractivity contribution < 1.29 is 41.0 Å². The third-order valence-corrected chi connectivity index (χ3v) is 7.35. The summed E-state index contributed by atoms with van der Waals surface area (Å²) in [4.78, 5) is 26.6. The lowest BCUT2D eigenvalue weighted by Crippen LogP contribution is -2.54. The highest BCUT2D eigenvalue weighted by atomic mass is 32.2. The SMILES string of the molecule is O=C1SC(=Cc2ccc3c(c2)nnn3Cc2ccc(C(F)(F)F)cc2C(F)(F)F)C(=O)N1C1CCNC[C@@H]1O. The van der Waals surface area contributed by atoms with Crippen LogP contribution in [0.4, 0.5) is 31.1 Å². The van der Waals surface area contributed by atoms with Gasteiger partial charge in [-0.25, -0.2) is 4.68 Å². The number of nitrogens with zero attached hydrogens (tertiary/aromatic N) is 4. The van der Waals surface area contributed by atoms with Gasteiger partial charge in [-0.1, -0.05) is 17.3 Å². The first-order valence-electron chi connectivity index (χ1n) is 11.6. The zero-order chi connectivity index (χ0) is 28.1. The fourth-order valence-corrected chi connectivity index (χ4v) is 5.44. The topological polar surface area (TPSA) is 100 Å². The summed E-state index contributed by atoms with van der Waals surface area (Å²) in [6.45, 7) is 0.320. The lowest BCUT2D eigenvalue weighted by molar-refractivity contribution is -0.143. The highest BCUT2D eigenvalue weighted by Crippen LogP contribution is 2.38. The number of carbonyl (C=O) groups excluding carboxylic acids is 2. The van der Waals surface area contributed by atoms with Gasteiger partial charge in [0, 0.05) is 6.54 Å². The van der Waals surface area contributed by atoms with Crippen LogP contribution in [0.15, 0.2) is 41.3 Å². The van der Waals surface area contributed by atoms with E-state index in [1.165, 1.54) is 18.2 Å². The van der Waals surface area contributed by atoms with E-state index in [-0.39, 0.29) is 23.0 Å². The Kier molecular flexibility index (Phi) is 6.93. The van der Waals surface area contributed by atoms with Crippen molar-refractivity contribution in [1.82, 2.24) is 25.2 Å². The van der Waals surface area contributed by atoms with Crippen LogP contribution in [0, 0.1) is 0 Å². The van der Waals surface area contributed by atoms with Gasteiger partial charge in [-0.05, 0) is 66.2 Å². The molecule has 39 heavy (non-hydrogen) atoms. The molecular weight excluding hydrogens is 552 g/mol. The molecule has 15 heteroatoms. The van der Waals surface area contributed by atoms with Crippen molar-refractivity contribution in [2.45, 2.75) is 37.5 Å². The lowest BCUT2D eigenvalue weighted by Gasteiger charge is -2.33. The van der Waals surface area contributed by atoms with Crippen LogP contribution in [0.3, 0.4) is 0 Å². The predicted octanol–water partition coefficient (Wildman–Crippen LogP) is 4.28. The highest BCUT2D eigenvalue weighted by molar-refractivity contribution is 8.18. The number of aliphatic hydroxyl groups is 1. The van der Waals surface area contributed by atoms with E-state index in [0.717, 1.165) is 27.4 Å². The Morgan fingerprint density at radius 1 is 1.08 bits per heavy atom. The van der Waals surface area contributed by atoms with Crippen LogP contribution >= 0.6 is 11.8 Å². The van der Waals surface area contributed by atoms with Crippen LogP contribution in [0.1, 0.15) is 28.7 Å². The summed E-state index contributed by atoms with van der Waals surface area (Å²) in [6, 6.07) is 5.35. The number of fused-ring (bicyclic) bond motifs is 1. The van der Waals surface area contributed by atoms with Gasteiger partial charge in [0.1, 0.15) is 5.52 Å². The number of imide groups is 1. The Bertz CT molecular complexity index is 1490. The van der Waals surface area contributed by atoms with Crippen molar-refractivity contribution in [3.63, 3.8) is 0 Å². The summed E-state index contributed by atoms with van der Waals surface area (Å²) in [5.74, 6) is -0.540. The summed E-state index contributed by atoms with van der Waals surface area (Å²) < 4.78 is 80.7. The second kappa shape index (κ2) is 9.95. The maximum Gasteiger partial charge on any atom is 0.416 e. The molecule has 2 aliphatic rings. The fourth-order valence-electron chi connectivity index (χ4n) is 4.56. The molecule has 1 aromatic heterocycles. The minimum atomic E-state index is -5.02. The Morgan fingerprint density at radius 2 is 1.85 bits per heavy atom. The van der Waals surface area contributed by atoms with Crippen molar-refractivity contribution in [3.05, 3.63) is 63.6 Å². The Hall–Kier alpha value is -3.43. The van der Waals surface area contributed by atoms with Crippen LogP contribution < -0.4 is 5.32 Å². The quantitative estimate of drug-likeness (QED) is 0.356. The van der Waals surface area contributed by atoms with Gasteiger partial charge in [-0.15, -0.1) is 5.10 Å². The second-order valence-electron chi connectivity index (χ2n) is 9.04. The van der Waals surface area contributed by atoms with E-state index in [0.29, 0.717) is 30.1 Å². The number of carbonyl (C=O) groups is 2. The van der Waals surface area contributed by atoms with Crippen LogP contribution in [-0.2, 0) is 23.7 Å². The first-order chi connectivity index (χ1) is 18.3. The predicted molar refractivity (Wildman–Crippen MR) is 128 cm³/mol. The number of amides is 2. The van der Waals surface area contributed by atoms with Crippen LogP contribution in [-0.4, -0.2) is 61.4 Å². The number of thioether (sulfide) groups is 1. The molecular formula is C24H19F6N5O3S. The average Bonchev–Trinajstić information content (AvgIpc) is 3.37. The van der Waals surface area contributed by atoms with Gasteiger partial charge < -0.3 is 10.4 Å². The summed E-state index contributed by atoms with van der Waals surface area (Å²) in [7, 11) is 0. The van der Waals surface area contributed by atoms with E-state index < -0.39 is 58.9 Å². The number of benzene rings is 2. The molecule has 2 aliphatic heterocycles. The molecule has 0 saturated carbocycles. The molecule has 2 N–H and O–H groups in total. The maximum absolute atomic E-state index is 13.5. The van der Waals surface area contributed by atoms with Crippen molar-refractivity contribution in [2.24, 2.45) is 0 Å². The normalized spacial score (nSPS) is 21.9. The van der Waals surface area contributed by atoms with Gasteiger partial charge in [-0.3, -0.25) is 14.5 Å². The van der Waals surface area contributed by atoms with Crippen molar-refractivity contribution in [1.29, 1.82) is 0 Å².